The summed E-state index contributed by atoms with van der Waals surface area (Å²) in [6.07, 6.45) is 18.7. The maximum absolute atomic E-state index is 13.0. The molecule has 2 heterocycles. The summed E-state index contributed by atoms with van der Waals surface area (Å²) in [6, 6.07) is 0.732. The highest BCUT2D eigenvalue weighted by Crippen LogP contribution is 2.68. The topological polar surface area (TPSA) is 55.8 Å². The second kappa shape index (κ2) is 13.7. The molecule has 10 atom stereocenters. The monoisotopic (exact) mass is 676 g/mol. The fourth-order valence-corrected chi connectivity index (χ4v) is 12.2. The summed E-state index contributed by atoms with van der Waals surface area (Å²) < 4.78 is 13.8. The molecule has 44 heavy (non-hydrogen) atoms. The van der Waals surface area contributed by atoms with Gasteiger partial charge in [-0.1, -0.05) is 33.8 Å². The van der Waals surface area contributed by atoms with Crippen LogP contribution in [0, 0.1) is 34.5 Å². The van der Waals surface area contributed by atoms with Gasteiger partial charge in [0.25, 0.3) is 0 Å². The molecule has 3 unspecified atom stereocenters. The van der Waals surface area contributed by atoms with Gasteiger partial charge < -0.3 is 30.9 Å². The van der Waals surface area contributed by atoms with Crippen LogP contribution in [0.25, 0.3) is 0 Å². The zero-order valence-electron chi connectivity index (χ0n) is 28.2. The number of carbonyl (C=O) groups excluding carboxylic acids is 2. The predicted octanol–water partition coefficient (Wildman–Crippen LogP) is 3.92. The SMILES string of the molecule is C=CC[N+]1([C@H]2CC3C4CC[C@H]5C[C@H](OC(C)=O)[C@@H](N6CCCCC6)C[C@]5(C)C4CC[C@]3(C)[C@H]2OC(=O)CC)CCCCC1.[Br-]. The highest BCUT2D eigenvalue weighted by molar-refractivity contribution is 5.69. The van der Waals surface area contributed by atoms with Crippen LogP contribution in [-0.2, 0) is 19.1 Å². The molecule has 4 aliphatic carbocycles. The molecular weight excluding hydrogens is 616 g/mol. The largest absolute Gasteiger partial charge is 1.00 e. The molecule has 0 aromatic rings. The van der Waals surface area contributed by atoms with Gasteiger partial charge in [0.05, 0.1) is 19.6 Å². The Morgan fingerprint density at radius 2 is 1.64 bits per heavy atom. The van der Waals surface area contributed by atoms with Crippen molar-refractivity contribution < 1.29 is 40.5 Å². The van der Waals surface area contributed by atoms with Crippen LogP contribution in [0.3, 0.4) is 0 Å². The van der Waals surface area contributed by atoms with E-state index in [0.29, 0.717) is 42.2 Å². The van der Waals surface area contributed by atoms with Crippen LogP contribution in [0.2, 0.25) is 0 Å². The van der Waals surface area contributed by atoms with Gasteiger partial charge in [-0.25, -0.2) is 0 Å². The quantitative estimate of drug-likeness (QED) is 0.233. The molecule has 6 rings (SSSR count). The number of halogens is 1. The molecule has 0 radical (unpaired) electrons. The van der Waals surface area contributed by atoms with Gasteiger partial charge in [0.15, 0.2) is 6.10 Å². The average Bonchev–Trinajstić information content (AvgIpc) is 3.30. The van der Waals surface area contributed by atoms with E-state index in [2.05, 4.69) is 31.4 Å². The number of hydrogen-bond donors (Lipinski definition) is 0. The number of ether oxygens (including phenoxy) is 2. The number of esters is 2. The maximum Gasteiger partial charge on any atom is 0.306 e. The molecule has 0 spiro atoms. The minimum atomic E-state index is -0.114. The van der Waals surface area contributed by atoms with Crippen LogP contribution in [0.1, 0.15) is 118 Å². The summed E-state index contributed by atoms with van der Waals surface area (Å²) in [5.41, 5.74) is 0.320. The summed E-state index contributed by atoms with van der Waals surface area (Å²) in [5.74, 6) is 2.48. The summed E-state index contributed by atoms with van der Waals surface area (Å²) in [7, 11) is 0. The Balaban J connectivity index is 0.00000384. The number of carbonyl (C=O) groups is 2. The second-order valence-electron chi connectivity index (χ2n) is 16.2. The van der Waals surface area contributed by atoms with Gasteiger partial charge >= 0.3 is 11.9 Å². The Bertz CT molecular complexity index is 1040. The Labute approximate surface area is 278 Å². The van der Waals surface area contributed by atoms with Crippen molar-refractivity contribution in [3.05, 3.63) is 12.7 Å². The number of rotatable bonds is 7. The van der Waals surface area contributed by atoms with E-state index in [4.69, 9.17) is 9.47 Å². The van der Waals surface area contributed by atoms with Gasteiger partial charge in [-0.05, 0) is 119 Å². The van der Waals surface area contributed by atoms with Gasteiger partial charge in [-0.2, -0.15) is 0 Å². The molecule has 0 aromatic carbocycles. The van der Waals surface area contributed by atoms with Crippen molar-refractivity contribution in [2.75, 3.05) is 32.7 Å². The Hall–Kier alpha value is -0.920. The molecule has 2 saturated heterocycles. The van der Waals surface area contributed by atoms with Gasteiger partial charge in [0.1, 0.15) is 12.1 Å². The first kappa shape index (κ1) is 34.4. The van der Waals surface area contributed by atoms with Crippen LogP contribution in [0.4, 0.5) is 0 Å². The Morgan fingerprint density at radius 1 is 0.932 bits per heavy atom. The molecule has 2 aliphatic heterocycles. The van der Waals surface area contributed by atoms with E-state index in [-0.39, 0.29) is 52.0 Å². The first-order chi connectivity index (χ1) is 20.6. The number of nitrogens with zero attached hydrogens (tertiary/aromatic N) is 2. The van der Waals surface area contributed by atoms with E-state index in [1.165, 1.54) is 77.3 Å². The second-order valence-corrected chi connectivity index (χ2v) is 16.2. The fraction of sp³-hybridized carbons (Fsp3) is 0.892. The molecule has 7 heteroatoms. The minimum Gasteiger partial charge on any atom is -1.00 e. The predicted molar refractivity (Wildman–Crippen MR) is 170 cm³/mol. The third-order valence-electron chi connectivity index (χ3n) is 14.2. The van der Waals surface area contributed by atoms with E-state index < -0.39 is 0 Å². The Kier molecular flexibility index (Phi) is 10.7. The van der Waals surface area contributed by atoms with E-state index in [1.54, 1.807) is 6.92 Å². The molecule has 4 saturated carbocycles. The maximum atomic E-state index is 13.0. The van der Waals surface area contributed by atoms with Crippen LogP contribution < -0.4 is 17.0 Å². The molecule has 6 aliphatic rings. The summed E-state index contributed by atoms with van der Waals surface area (Å²) in [6.45, 7) is 18.6. The third-order valence-corrected chi connectivity index (χ3v) is 14.2. The van der Waals surface area contributed by atoms with Gasteiger partial charge in [-0.15, -0.1) is 0 Å². The summed E-state index contributed by atoms with van der Waals surface area (Å²) >= 11 is 0. The lowest BCUT2D eigenvalue weighted by Crippen LogP contribution is -3.00. The number of likely N-dealkylation sites (tertiary alicyclic amines) is 2. The van der Waals surface area contributed by atoms with E-state index >= 15 is 0 Å². The van der Waals surface area contributed by atoms with Crippen molar-refractivity contribution in [1.29, 1.82) is 0 Å². The van der Waals surface area contributed by atoms with E-state index in [9.17, 15) is 9.59 Å². The molecule has 0 bridgehead atoms. The highest BCUT2D eigenvalue weighted by Gasteiger charge is 2.67. The van der Waals surface area contributed by atoms with Gasteiger partial charge in [-0.3, -0.25) is 14.5 Å². The van der Waals surface area contributed by atoms with E-state index in [1.807, 2.05) is 6.92 Å². The van der Waals surface area contributed by atoms with Crippen molar-refractivity contribution in [3.8, 4) is 0 Å². The summed E-state index contributed by atoms with van der Waals surface area (Å²) in [4.78, 5) is 27.9. The zero-order valence-corrected chi connectivity index (χ0v) is 29.8. The van der Waals surface area contributed by atoms with Gasteiger partial charge in [0, 0.05) is 31.2 Å². The first-order valence-corrected chi connectivity index (χ1v) is 18.2. The molecular formula is C37H61BrN2O4. The normalized spacial score (nSPS) is 43.4. The highest BCUT2D eigenvalue weighted by atomic mass is 79.9. The van der Waals surface area contributed by atoms with Crippen molar-refractivity contribution >= 4 is 11.9 Å². The lowest BCUT2D eigenvalue weighted by Gasteiger charge is -2.62. The Morgan fingerprint density at radius 3 is 2.30 bits per heavy atom. The van der Waals surface area contributed by atoms with Crippen molar-refractivity contribution in [3.63, 3.8) is 0 Å². The van der Waals surface area contributed by atoms with Crippen LogP contribution in [0.15, 0.2) is 12.7 Å². The number of quaternary nitrogens is 1. The average molecular weight is 678 g/mol. The lowest BCUT2D eigenvalue weighted by molar-refractivity contribution is -0.952. The minimum absolute atomic E-state index is 0. The van der Waals surface area contributed by atoms with Crippen molar-refractivity contribution in [1.82, 2.24) is 4.90 Å². The molecule has 6 fully saturated rings. The molecule has 250 valence electrons. The van der Waals surface area contributed by atoms with Crippen LogP contribution >= 0.6 is 0 Å². The fourth-order valence-electron chi connectivity index (χ4n) is 12.2. The third kappa shape index (κ3) is 5.98. The standard InChI is InChI=1S/C37H61N2O4.BrH/c1-6-20-39(21-12-9-13-22-39)32-24-30-28-15-14-27-23-33(42-26(3)40)31(38-18-10-8-11-19-38)25-37(27,5)29(28)16-17-36(30,4)35(32)43-34(41)7-2;/h6,27-33,35H,1,7-25H2,2-5H3;1H/q+1;/p-1/t27-,28?,29?,30?,31-,32-,33-,35-,36-,37-;/m0./s1. The summed E-state index contributed by atoms with van der Waals surface area (Å²) in [5, 5.41) is 0. The van der Waals surface area contributed by atoms with Crippen LogP contribution in [0.5, 0.6) is 0 Å². The number of piperidine rings is 2. The number of fused-ring (bicyclic) bond motifs is 5. The lowest BCUT2D eigenvalue weighted by atomic mass is 9.44. The van der Waals surface area contributed by atoms with Crippen molar-refractivity contribution in [2.24, 2.45) is 34.5 Å². The number of hydrogen-bond acceptors (Lipinski definition) is 5. The first-order valence-electron chi connectivity index (χ1n) is 18.2. The molecule has 6 nitrogen and oxygen atoms in total. The zero-order chi connectivity index (χ0) is 30.4. The smallest absolute Gasteiger partial charge is 0.306 e. The van der Waals surface area contributed by atoms with Crippen LogP contribution in [-0.4, -0.2) is 78.3 Å². The molecule has 0 N–H and O–H groups in total. The van der Waals surface area contributed by atoms with Gasteiger partial charge in [0.2, 0.25) is 0 Å². The molecule has 0 aromatic heterocycles. The molecule has 0 amide bonds. The van der Waals surface area contributed by atoms with E-state index in [0.717, 1.165) is 43.4 Å². The van der Waals surface area contributed by atoms with Crippen molar-refractivity contribution in [2.45, 2.75) is 142 Å².